The van der Waals surface area contributed by atoms with Crippen molar-refractivity contribution < 1.29 is 4.79 Å². The maximum atomic E-state index is 12.6. The molecule has 1 saturated heterocycles. The number of piperidine rings is 1. The fourth-order valence-electron chi connectivity index (χ4n) is 3.78. The van der Waals surface area contributed by atoms with E-state index in [0.717, 1.165) is 25.1 Å². The van der Waals surface area contributed by atoms with Crippen LogP contribution >= 0.6 is 0 Å². The molecule has 1 aromatic heterocycles. The van der Waals surface area contributed by atoms with Crippen molar-refractivity contribution in [2.75, 3.05) is 13.1 Å². The first kappa shape index (κ1) is 15.3. The molecule has 0 aliphatic carbocycles. The zero-order valence-corrected chi connectivity index (χ0v) is 13.4. The van der Waals surface area contributed by atoms with Crippen molar-refractivity contribution in [2.45, 2.75) is 45.2 Å². The van der Waals surface area contributed by atoms with Crippen LogP contribution in [-0.2, 0) is 11.3 Å². The van der Waals surface area contributed by atoms with Crippen molar-refractivity contribution in [1.82, 2.24) is 9.47 Å². The Morgan fingerprint density at radius 2 is 2.14 bits per heavy atom. The molecule has 5 heteroatoms. The van der Waals surface area contributed by atoms with E-state index < -0.39 is 6.04 Å². The lowest BCUT2D eigenvalue weighted by Gasteiger charge is -2.43. The van der Waals surface area contributed by atoms with Crippen molar-refractivity contribution >= 4 is 5.91 Å². The van der Waals surface area contributed by atoms with Crippen LogP contribution in [0.1, 0.15) is 38.3 Å². The number of amides is 1. The van der Waals surface area contributed by atoms with E-state index >= 15 is 0 Å². The molecule has 0 saturated carbocycles. The summed E-state index contributed by atoms with van der Waals surface area (Å²) in [5.41, 5.74) is 7.27. The fraction of sp³-hybridized carbons (Fsp3) is 0.647. The predicted octanol–water partition coefficient (Wildman–Crippen LogP) is 1.17. The Morgan fingerprint density at radius 3 is 2.86 bits per heavy atom. The molecule has 1 aromatic rings. The lowest BCUT2D eigenvalue weighted by molar-refractivity contribution is -0.136. The number of likely N-dealkylation sites (tertiary alicyclic amines) is 1. The standard InChI is InChI=1S/C17H25N3O2/c1-3-11(2)16(18)17(22)19-8-12-7-13(10-19)14-5-4-6-15(21)20(14)9-12/h4-6,11-13,16H,3,7-10,18H2,1-2H3/t11?,12-,13+,16+/m1/s1. The molecule has 22 heavy (non-hydrogen) atoms. The number of nitrogens with two attached hydrogens (primary N) is 1. The molecule has 5 nitrogen and oxygen atoms in total. The first-order valence-corrected chi connectivity index (χ1v) is 8.25. The van der Waals surface area contributed by atoms with Gasteiger partial charge in [-0.1, -0.05) is 26.3 Å². The van der Waals surface area contributed by atoms with Gasteiger partial charge in [0, 0.05) is 37.3 Å². The number of nitrogens with zero attached hydrogens (tertiary/aromatic N) is 2. The van der Waals surface area contributed by atoms with Crippen molar-refractivity contribution in [1.29, 1.82) is 0 Å². The zero-order valence-electron chi connectivity index (χ0n) is 13.4. The van der Waals surface area contributed by atoms with Crippen LogP contribution in [0, 0.1) is 11.8 Å². The van der Waals surface area contributed by atoms with Gasteiger partial charge >= 0.3 is 0 Å². The fourth-order valence-corrected chi connectivity index (χ4v) is 3.78. The minimum absolute atomic E-state index is 0.0655. The molecule has 0 radical (unpaired) electrons. The second-order valence-electron chi connectivity index (χ2n) is 6.85. The average Bonchev–Trinajstić information content (AvgIpc) is 2.53. The predicted molar refractivity (Wildman–Crippen MR) is 85.6 cm³/mol. The number of aromatic nitrogens is 1. The summed E-state index contributed by atoms with van der Waals surface area (Å²) in [6, 6.07) is 5.04. The molecule has 0 aromatic carbocycles. The largest absolute Gasteiger partial charge is 0.340 e. The summed E-state index contributed by atoms with van der Waals surface area (Å²) in [7, 11) is 0. The van der Waals surface area contributed by atoms with Crippen LogP contribution in [-0.4, -0.2) is 34.5 Å². The molecule has 2 bridgehead atoms. The summed E-state index contributed by atoms with van der Waals surface area (Å²) in [6.45, 7) is 6.21. The third kappa shape index (κ3) is 2.58. The maximum Gasteiger partial charge on any atom is 0.250 e. The summed E-state index contributed by atoms with van der Waals surface area (Å²) < 4.78 is 1.88. The molecule has 2 N–H and O–H groups in total. The molecular formula is C17H25N3O2. The van der Waals surface area contributed by atoms with Crippen LogP contribution < -0.4 is 11.3 Å². The Hall–Kier alpha value is -1.62. The Morgan fingerprint density at radius 1 is 1.36 bits per heavy atom. The van der Waals surface area contributed by atoms with E-state index in [-0.39, 0.29) is 23.3 Å². The first-order valence-electron chi connectivity index (χ1n) is 8.25. The number of rotatable bonds is 3. The molecule has 1 amide bonds. The zero-order chi connectivity index (χ0) is 15.9. The second-order valence-corrected chi connectivity index (χ2v) is 6.85. The third-order valence-electron chi connectivity index (χ3n) is 5.33. The molecule has 1 unspecified atom stereocenters. The number of hydrogen-bond acceptors (Lipinski definition) is 3. The molecule has 1 fully saturated rings. The van der Waals surface area contributed by atoms with E-state index in [9.17, 15) is 9.59 Å². The summed E-state index contributed by atoms with van der Waals surface area (Å²) >= 11 is 0. The highest BCUT2D eigenvalue weighted by atomic mass is 16.2. The number of pyridine rings is 1. The van der Waals surface area contributed by atoms with Crippen molar-refractivity contribution in [3.8, 4) is 0 Å². The SMILES string of the molecule is CCC(C)[C@H](N)C(=O)N1C[C@H]2C[C@@H](C1)c1cccc(=O)n1C2. The quantitative estimate of drug-likeness (QED) is 0.911. The Kier molecular flexibility index (Phi) is 4.08. The van der Waals surface area contributed by atoms with Gasteiger partial charge in [-0.05, 0) is 24.3 Å². The summed E-state index contributed by atoms with van der Waals surface area (Å²) in [4.78, 5) is 26.6. The topological polar surface area (TPSA) is 68.3 Å². The van der Waals surface area contributed by atoms with Crippen LogP contribution in [0.25, 0.3) is 0 Å². The normalized spacial score (nSPS) is 26.2. The van der Waals surface area contributed by atoms with Gasteiger partial charge in [-0.3, -0.25) is 9.59 Å². The van der Waals surface area contributed by atoms with Gasteiger partial charge in [0.15, 0.2) is 0 Å². The molecular weight excluding hydrogens is 278 g/mol. The third-order valence-corrected chi connectivity index (χ3v) is 5.33. The van der Waals surface area contributed by atoms with Gasteiger partial charge in [-0.15, -0.1) is 0 Å². The van der Waals surface area contributed by atoms with E-state index in [4.69, 9.17) is 5.73 Å². The van der Waals surface area contributed by atoms with Crippen LogP contribution in [0.15, 0.2) is 23.0 Å². The van der Waals surface area contributed by atoms with Gasteiger partial charge in [-0.2, -0.15) is 0 Å². The Balaban J connectivity index is 1.82. The van der Waals surface area contributed by atoms with Crippen molar-refractivity contribution in [2.24, 2.45) is 17.6 Å². The number of hydrogen-bond donors (Lipinski definition) is 1. The van der Waals surface area contributed by atoms with Crippen LogP contribution in [0.5, 0.6) is 0 Å². The highest BCUT2D eigenvalue weighted by Gasteiger charge is 2.37. The van der Waals surface area contributed by atoms with Crippen LogP contribution in [0.2, 0.25) is 0 Å². The van der Waals surface area contributed by atoms with Gasteiger partial charge in [-0.25, -0.2) is 0 Å². The Labute approximate surface area is 131 Å². The van der Waals surface area contributed by atoms with Gasteiger partial charge in [0.1, 0.15) is 0 Å². The average molecular weight is 303 g/mol. The smallest absolute Gasteiger partial charge is 0.250 e. The molecule has 2 aliphatic heterocycles. The van der Waals surface area contributed by atoms with Crippen LogP contribution in [0.4, 0.5) is 0 Å². The van der Waals surface area contributed by atoms with Gasteiger partial charge in [0.25, 0.3) is 5.56 Å². The first-order chi connectivity index (χ1) is 10.5. The van der Waals surface area contributed by atoms with Crippen molar-refractivity contribution in [3.63, 3.8) is 0 Å². The van der Waals surface area contributed by atoms with Gasteiger partial charge < -0.3 is 15.2 Å². The molecule has 2 aliphatic rings. The summed E-state index contributed by atoms with van der Waals surface area (Å²) in [6.07, 6.45) is 1.97. The highest BCUT2D eigenvalue weighted by molar-refractivity contribution is 5.82. The van der Waals surface area contributed by atoms with Gasteiger partial charge in [0.2, 0.25) is 5.91 Å². The van der Waals surface area contributed by atoms with Crippen LogP contribution in [0.3, 0.4) is 0 Å². The van der Waals surface area contributed by atoms with E-state index in [2.05, 4.69) is 6.92 Å². The number of fused-ring (bicyclic) bond motifs is 4. The van der Waals surface area contributed by atoms with E-state index in [1.54, 1.807) is 6.07 Å². The molecule has 4 atom stereocenters. The minimum Gasteiger partial charge on any atom is -0.340 e. The van der Waals surface area contributed by atoms with Gasteiger partial charge in [0.05, 0.1) is 6.04 Å². The maximum absolute atomic E-state index is 12.6. The lowest BCUT2D eigenvalue weighted by atomic mass is 9.82. The number of carbonyl (C=O) groups is 1. The summed E-state index contributed by atoms with van der Waals surface area (Å²) in [5.74, 6) is 0.883. The van der Waals surface area contributed by atoms with E-state index in [0.29, 0.717) is 19.0 Å². The van der Waals surface area contributed by atoms with E-state index in [1.807, 2.05) is 28.5 Å². The summed E-state index contributed by atoms with van der Waals surface area (Å²) in [5, 5.41) is 0. The molecule has 3 rings (SSSR count). The molecule has 3 heterocycles. The molecule has 0 spiro atoms. The van der Waals surface area contributed by atoms with E-state index in [1.165, 1.54) is 0 Å². The number of carbonyl (C=O) groups excluding carboxylic acids is 1. The monoisotopic (exact) mass is 303 g/mol. The minimum atomic E-state index is -0.415. The second kappa shape index (κ2) is 5.88. The van der Waals surface area contributed by atoms with Crippen molar-refractivity contribution in [3.05, 3.63) is 34.2 Å². The Bertz CT molecular complexity index is 625. The lowest BCUT2D eigenvalue weighted by Crippen LogP contribution is -2.54. The highest BCUT2D eigenvalue weighted by Crippen LogP contribution is 2.35. The molecule has 120 valence electrons.